The first-order valence-corrected chi connectivity index (χ1v) is 5.11. The van der Waals surface area contributed by atoms with E-state index in [1.54, 1.807) is 30.3 Å². The van der Waals surface area contributed by atoms with Gasteiger partial charge in [0.1, 0.15) is 6.04 Å². The van der Waals surface area contributed by atoms with Crippen molar-refractivity contribution in [1.82, 2.24) is 16.0 Å². The van der Waals surface area contributed by atoms with Gasteiger partial charge in [-0.3, -0.25) is 14.9 Å². The van der Waals surface area contributed by atoms with Gasteiger partial charge in [0, 0.05) is 12.1 Å². The fourth-order valence-corrected chi connectivity index (χ4v) is 1.49. The first-order valence-electron chi connectivity index (χ1n) is 5.11. The summed E-state index contributed by atoms with van der Waals surface area (Å²) in [7, 11) is 0. The van der Waals surface area contributed by atoms with Crippen LogP contribution < -0.4 is 16.0 Å². The van der Waals surface area contributed by atoms with Crippen LogP contribution in [-0.2, 0) is 4.79 Å². The van der Waals surface area contributed by atoms with Crippen molar-refractivity contribution in [3.05, 3.63) is 35.9 Å². The van der Waals surface area contributed by atoms with Gasteiger partial charge in [0.05, 0.1) is 0 Å². The van der Waals surface area contributed by atoms with E-state index in [9.17, 15) is 14.4 Å². The summed E-state index contributed by atoms with van der Waals surface area (Å²) in [5.74, 6) is -0.706. The van der Waals surface area contributed by atoms with Gasteiger partial charge < -0.3 is 10.6 Å². The van der Waals surface area contributed by atoms with E-state index in [0.717, 1.165) is 0 Å². The molecule has 0 aromatic heterocycles. The van der Waals surface area contributed by atoms with Gasteiger partial charge >= 0.3 is 6.03 Å². The van der Waals surface area contributed by atoms with Crippen molar-refractivity contribution in [1.29, 1.82) is 0 Å². The predicted molar refractivity (Wildman–Crippen MR) is 59.2 cm³/mol. The molecule has 17 heavy (non-hydrogen) atoms. The van der Waals surface area contributed by atoms with Crippen molar-refractivity contribution in [3.63, 3.8) is 0 Å². The number of benzene rings is 1. The molecule has 6 nitrogen and oxygen atoms in total. The number of rotatable bonds is 3. The Morgan fingerprint density at radius 3 is 2.53 bits per heavy atom. The van der Waals surface area contributed by atoms with Crippen molar-refractivity contribution < 1.29 is 14.4 Å². The molecule has 1 aromatic carbocycles. The van der Waals surface area contributed by atoms with Gasteiger partial charge in [-0.2, -0.15) is 0 Å². The van der Waals surface area contributed by atoms with Crippen LogP contribution in [-0.4, -0.2) is 30.4 Å². The van der Waals surface area contributed by atoms with Crippen LogP contribution in [0.15, 0.2) is 30.3 Å². The largest absolute Gasteiger partial charge is 0.349 e. The van der Waals surface area contributed by atoms with E-state index < -0.39 is 18.0 Å². The lowest BCUT2D eigenvalue weighted by Crippen LogP contribution is -2.41. The maximum Gasteiger partial charge on any atom is 0.322 e. The van der Waals surface area contributed by atoms with E-state index in [1.165, 1.54) is 0 Å². The van der Waals surface area contributed by atoms with Crippen molar-refractivity contribution in [2.24, 2.45) is 0 Å². The van der Waals surface area contributed by atoms with Crippen LogP contribution in [0.5, 0.6) is 0 Å². The summed E-state index contributed by atoms with van der Waals surface area (Å²) in [6.45, 7) is 0.0747. The average Bonchev–Trinajstić information content (AvgIpc) is 2.66. The first kappa shape index (κ1) is 11.1. The Kier molecular flexibility index (Phi) is 3.04. The Bertz CT molecular complexity index is 458. The highest BCUT2D eigenvalue weighted by Crippen LogP contribution is 1.98. The highest BCUT2D eigenvalue weighted by atomic mass is 16.2. The van der Waals surface area contributed by atoms with Crippen LogP contribution in [0.4, 0.5) is 4.79 Å². The van der Waals surface area contributed by atoms with Gasteiger partial charge in [0.25, 0.3) is 11.8 Å². The number of carbonyl (C=O) groups is 3. The van der Waals surface area contributed by atoms with Gasteiger partial charge in [-0.1, -0.05) is 18.2 Å². The maximum atomic E-state index is 11.6. The molecule has 0 bridgehead atoms. The third kappa shape index (κ3) is 2.60. The molecule has 4 amide bonds. The van der Waals surface area contributed by atoms with Crippen molar-refractivity contribution in [3.8, 4) is 0 Å². The molecule has 2 rings (SSSR count). The number of carbonyl (C=O) groups excluding carboxylic acids is 3. The lowest BCUT2D eigenvalue weighted by molar-refractivity contribution is -0.120. The SMILES string of the molecule is O=C1NC(=O)C(CNC(=O)c2ccccc2)N1. The van der Waals surface area contributed by atoms with Gasteiger partial charge in [0.15, 0.2) is 0 Å². The summed E-state index contributed by atoms with van der Waals surface area (Å²) in [5.41, 5.74) is 0.511. The van der Waals surface area contributed by atoms with E-state index >= 15 is 0 Å². The molecule has 1 fully saturated rings. The summed E-state index contributed by atoms with van der Waals surface area (Å²) in [6, 6.07) is 7.41. The quantitative estimate of drug-likeness (QED) is 0.622. The highest BCUT2D eigenvalue weighted by Gasteiger charge is 2.29. The number of hydrogen-bond donors (Lipinski definition) is 3. The molecule has 3 N–H and O–H groups in total. The molecule has 1 heterocycles. The zero-order chi connectivity index (χ0) is 12.3. The number of urea groups is 1. The van der Waals surface area contributed by atoms with E-state index in [0.29, 0.717) is 5.56 Å². The Morgan fingerprint density at radius 1 is 1.24 bits per heavy atom. The Morgan fingerprint density at radius 2 is 1.94 bits per heavy atom. The Balaban J connectivity index is 1.89. The molecule has 1 saturated heterocycles. The zero-order valence-corrected chi connectivity index (χ0v) is 8.90. The second-order valence-corrected chi connectivity index (χ2v) is 3.59. The normalized spacial score (nSPS) is 18.5. The summed E-state index contributed by atoms with van der Waals surface area (Å²) in [4.78, 5) is 33.6. The first-order chi connectivity index (χ1) is 8.16. The molecule has 6 heteroatoms. The summed E-state index contributed by atoms with van der Waals surface area (Å²) in [5, 5.41) is 7.06. The van der Waals surface area contributed by atoms with Crippen LogP contribution in [0, 0.1) is 0 Å². The molecule has 0 spiro atoms. The molecule has 88 valence electrons. The van der Waals surface area contributed by atoms with E-state index in [-0.39, 0.29) is 12.5 Å². The van der Waals surface area contributed by atoms with Crippen LogP contribution in [0.3, 0.4) is 0 Å². The lowest BCUT2D eigenvalue weighted by Gasteiger charge is -2.08. The van der Waals surface area contributed by atoms with E-state index in [2.05, 4.69) is 16.0 Å². The highest BCUT2D eigenvalue weighted by molar-refractivity contribution is 6.04. The van der Waals surface area contributed by atoms with Gasteiger partial charge in [-0.05, 0) is 12.1 Å². The molecule has 1 aromatic rings. The lowest BCUT2D eigenvalue weighted by atomic mass is 10.2. The Hall–Kier alpha value is -2.37. The Labute approximate surface area is 97.4 Å². The second kappa shape index (κ2) is 4.65. The van der Waals surface area contributed by atoms with Crippen LogP contribution in [0.25, 0.3) is 0 Å². The topological polar surface area (TPSA) is 87.3 Å². The molecule has 1 aliphatic rings. The molecular weight excluding hydrogens is 222 g/mol. The fourth-order valence-electron chi connectivity index (χ4n) is 1.49. The number of imide groups is 1. The molecule has 0 aliphatic carbocycles. The molecule has 1 unspecified atom stereocenters. The minimum absolute atomic E-state index is 0.0747. The molecule has 1 aliphatic heterocycles. The zero-order valence-electron chi connectivity index (χ0n) is 8.90. The molecule has 0 saturated carbocycles. The molecular formula is C11H11N3O3. The van der Waals surface area contributed by atoms with Gasteiger partial charge in [-0.15, -0.1) is 0 Å². The van der Waals surface area contributed by atoms with Crippen molar-refractivity contribution >= 4 is 17.8 Å². The van der Waals surface area contributed by atoms with Gasteiger partial charge in [0.2, 0.25) is 0 Å². The predicted octanol–water partition coefficient (Wildman–Crippen LogP) is -0.376. The van der Waals surface area contributed by atoms with Crippen LogP contribution in [0.2, 0.25) is 0 Å². The van der Waals surface area contributed by atoms with Crippen LogP contribution in [0.1, 0.15) is 10.4 Å². The number of hydrogen-bond acceptors (Lipinski definition) is 3. The third-order valence-corrected chi connectivity index (χ3v) is 2.36. The second-order valence-electron chi connectivity index (χ2n) is 3.59. The standard InChI is InChI=1S/C11H11N3O3/c15-9(7-4-2-1-3-5-7)12-6-8-10(16)14-11(17)13-8/h1-5,8H,6H2,(H,12,15)(H2,13,14,16,17). The van der Waals surface area contributed by atoms with Gasteiger partial charge in [-0.25, -0.2) is 4.79 Å². The van der Waals surface area contributed by atoms with Crippen molar-refractivity contribution in [2.75, 3.05) is 6.54 Å². The van der Waals surface area contributed by atoms with Crippen LogP contribution >= 0.6 is 0 Å². The molecule has 0 radical (unpaired) electrons. The third-order valence-electron chi connectivity index (χ3n) is 2.36. The minimum atomic E-state index is -0.699. The fraction of sp³-hybridized carbons (Fsp3) is 0.182. The van der Waals surface area contributed by atoms with E-state index in [1.807, 2.05) is 0 Å². The summed E-state index contributed by atoms with van der Waals surface area (Å²) < 4.78 is 0. The smallest absolute Gasteiger partial charge is 0.322 e. The summed E-state index contributed by atoms with van der Waals surface area (Å²) >= 11 is 0. The minimum Gasteiger partial charge on any atom is -0.349 e. The van der Waals surface area contributed by atoms with Crippen molar-refractivity contribution in [2.45, 2.75) is 6.04 Å². The number of nitrogens with one attached hydrogen (secondary N) is 3. The maximum absolute atomic E-state index is 11.6. The molecule has 1 atom stereocenters. The summed E-state index contributed by atoms with van der Waals surface area (Å²) in [6.07, 6.45) is 0. The van der Waals surface area contributed by atoms with E-state index in [4.69, 9.17) is 0 Å². The monoisotopic (exact) mass is 233 g/mol. The average molecular weight is 233 g/mol. The number of amides is 4.